The van der Waals surface area contributed by atoms with Crippen LogP contribution in [0.25, 0.3) is 6.20 Å². The molecule has 8 nitrogen and oxygen atoms in total. The third-order valence-corrected chi connectivity index (χ3v) is 5.08. The number of hydrogen-bond donors (Lipinski definition) is 2. The van der Waals surface area contributed by atoms with E-state index in [0.717, 1.165) is 18.5 Å². The van der Waals surface area contributed by atoms with Gasteiger partial charge in [-0.05, 0) is 43.9 Å². The van der Waals surface area contributed by atoms with Gasteiger partial charge in [0.1, 0.15) is 11.5 Å². The number of carbonyl (C=O) groups excluding carboxylic acids is 1. The van der Waals surface area contributed by atoms with E-state index in [4.69, 9.17) is 15.6 Å². The first kappa shape index (κ1) is 25.7. The molecule has 1 aromatic heterocycles. The van der Waals surface area contributed by atoms with E-state index in [1.54, 1.807) is 22.9 Å². The minimum absolute atomic E-state index is 0.0271. The van der Waals surface area contributed by atoms with Crippen LogP contribution < -0.4 is 5.73 Å². The Morgan fingerprint density at radius 2 is 2.03 bits per heavy atom. The Bertz CT molecular complexity index is 986. The molecular formula is C24H30FN5O3. The summed E-state index contributed by atoms with van der Waals surface area (Å²) < 4.78 is 15.5. The number of amides is 1. The van der Waals surface area contributed by atoms with Crippen LogP contribution in [0.2, 0.25) is 0 Å². The molecule has 3 rings (SSSR count). The summed E-state index contributed by atoms with van der Waals surface area (Å²) in [6, 6.07) is 6.01. The Morgan fingerprint density at radius 1 is 1.30 bits per heavy atom. The predicted octanol–water partition coefficient (Wildman–Crippen LogP) is 3.34. The third kappa shape index (κ3) is 8.12. The van der Waals surface area contributed by atoms with Gasteiger partial charge in [-0.3, -0.25) is 9.59 Å². The molecule has 2 aromatic rings. The first-order chi connectivity index (χ1) is 16.0. The lowest BCUT2D eigenvalue weighted by molar-refractivity contribution is -0.132. The molecule has 1 aliphatic rings. The molecule has 9 heteroatoms. The van der Waals surface area contributed by atoms with Crippen molar-refractivity contribution in [2.45, 2.75) is 44.7 Å². The molecular weight excluding hydrogens is 425 g/mol. The van der Waals surface area contributed by atoms with Gasteiger partial charge in [0.05, 0.1) is 12.2 Å². The van der Waals surface area contributed by atoms with Crippen LogP contribution in [0.15, 0.2) is 60.8 Å². The molecule has 0 radical (unpaired) electrons. The highest BCUT2D eigenvalue weighted by Gasteiger charge is 2.32. The highest BCUT2D eigenvalue weighted by atomic mass is 19.1. The molecule has 1 amide bonds. The molecule has 0 unspecified atom stereocenters. The van der Waals surface area contributed by atoms with E-state index in [-0.39, 0.29) is 30.7 Å². The van der Waals surface area contributed by atoms with Crippen molar-refractivity contribution in [3.63, 3.8) is 0 Å². The molecule has 1 saturated heterocycles. The monoisotopic (exact) mass is 455 g/mol. The zero-order chi connectivity index (χ0) is 24.1. The number of carbonyl (C=O) groups is 2. The number of rotatable bonds is 8. The maximum absolute atomic E-state index is 13.8. The molecule has 2 atom stereocenters. The van der Waals surface area contributed by atoms with Crippen LogP contribution in [0.4, 0.5) is 4.39 Å². The zero-order valence-corrected chi connectivity index (χ0v) is 18.6. The highest BCUT2D eigenvalue weighted by Crippen LogP contribution is 2.31. The van der Waals surface area contributed by atoms with Crippen molar-refractivity contribution in [1.82, 2.24) is 19.9 Å². The normalized spacial score (nSPS) is 16.9. The first-order valence-electron chi connectivity index (χ1n) is 10.7. The molecule has 1 fully saturated rings. The van der Waals surface area contributed by atoms with Crippen molar-refractivity contribution in [2.24, 2.45) is 5.73 Å². The van der Waals surface area contributed by atoms with E-state index in [9.17, 15) is 9.18 Å². The second-order valence-corrected chi connectivity index (χ2v) is 7.49. The van der Waals surface area contributed by atoms with E-state index >= 15 is 0 Å². The number of aromatic nitrogens is 3. The standard InChI is InChI=1S/C23H28FN5O.CH2O2/c1-2-3-4-5-8-13-28-17-21(26-27-28)22-12-9-14-29(22)23(30)16-19(25)15-18-10-6-7-11-20(18)24;2-1-3/h2-8,10-11,13,17,19,22H,9,12,14-16,25H2,1H3;1H,(H,2,3)/t19-,22+;/m1./s1. The summed E-state index contributed by atoms with van der Waals surface area (Å²) in [6.45, 7) is 2.38. The first-order valence-corrected chi connectivity index (χ1v) is 10.7. The van der Waals surface area contributed by atoms with Gasteiger partial charge in [-0.1, -0.05) is 47.7 Å². The van der Waals surface area contributed by atoms with Gasteiger partial charge in [0.25, 0.3) is 6.47 Å². The van der Waals surface area contributed by atoms with E-state index in [2.05, 4.69) is 10.3 Å². The van der Waals surface area contributed by atoms with E-state index in [1.165, 1.54) is 6.07 Å². The predicted molar refractivity (Wildman–Crippen MR) is 124 cm³/mol. The largest absolute Gasteiger partial charge is 0.483 e. The molecule has 1 aliphatic heterocycles. The van der Waals surface area contributed by atoms with Crippen LogP contribution >= 0.6 is 0 Å². The maximum Gasteiger partial charge on any atom is 0.290 e. The summed E-state index contributed by atoms with van der Waals surface area (Å²) >= 11 is 0. The highest BCUT2D eigenvalue weighted by molar-refractivity contribution is 5.77. The van der Waals surface area contributed by atoms with E-state index < -0.39 is 6.04 Å². The Morgan fingerprint density at radius 3 is 2.76 bits per heavy atom. The number of benzene rings is 1. The van der Waals surface area contributed by atoms with Crippen LogP contribution in [-0.2, 0) is 16.0 Å². The number of carboxylic acid groups (broad SMARTS) is 1. The fraction of sp³-hybridized carbons (Fsp3) is 0.333. The lowest BCUT2D eigenvalue weighted by Gasteiger charge is -2.24. The fourth-order valence-corrected chi connectivity index (χ4v) is 3.63. The summed E-state index contributed by atoms with van der Waals surface area (Å²) in [6.07, 6.45) is 15.5. The topological polar surface area (TPSA) is 114 Å². The molecule has 3 N–H and O–H groups in total. The van der Waals surface area contributed by atoms with Gasteiger partial charge in [0.15, 0.2) is 0 Å². The smallest absolute Gasteiger partial charge is 0.290 e. The van der Waals surface area contributed by atoms with Gasteiger partial charge in [-0.2, -0.15) is 0 Å². The van der Waals surface area contributed by atoms with Gasteiger partial charge in [-0.15, -0.1) is 5.10 Å². The summed E-state index contributed by atoms with van der Waals surface area (Å²) in [4.78, 5) is 23.0. The molecule has 176 valence electrons. The van der Waals surface area contributed by atoms with Gasteiger partial charge in [0.2, 0.25) is 5.91 Å². The summed E-state index contributed by atoms with van der Waals surface area (Å²) in [5, 5.41) is 15.3. The van der Waals surface area contributed by atoms with Crippen LogP contribution in [0.3, 0.4) is 0 Å². The third-order valence-electron chi connectivity index (χ3n) is 5.08. The number of hydrogen-bond acceptors (Lipinski definition) is 5. The minimum Gasteiger partial charge on any atom is -0.483 e. The zero-order valence-electron chi connectivity index (χ0n) is 18.6. The number of nitrogens with two attached hydrogens (primary N) is 1. The molecule has 2 heterocycles. The number of nitrogens with zero attached hydrogens (tertiary/aromatic N) is 4. The molecule has 0 spiro atoms. The number of allylic oxidation sites excluding steroid dienone is 5. The number of likely N-dealkylation sites (tertiary alicyclic amines) is 1. The maximum atomic E-state index is 13.8. The van der Waals surface area contributed by atoms with Gasteiger partial charge < -0.3 is 15.7 Å². The molecule has 0 saturated carbocycles. The number of halogens is 1. The van der Waals surface area contributed by atoms with Crippen LogP contribution in [0.1, 0.15) is 43.5 Å². The average Bonchev–Trinajstić information content (AvgIpc) is 3.45. The Labute approximate surface area is 192 Å². The lowest BCUT2D eigenvalue weighted by Crippen LogP contribution is -2.36. The molecule has 0 bridgehead atoms. The lowest BCUT2D eigenvalue weighted by atomic mass is 10.0. The Kier molecular flexibility index (Phi) is 10.7. The average molecular weight is 456 g/mol. The van der Waals surface area contributed by atoms with Crippen LogP contribution in [0.5, 0.6) is 0 Å². The van der Waals surface area contributed by atoms with E-state index in [1.807, 2.05) is 54.6 Å². The Hall–Kier alpha value is -3.59. The summed E-state index contributed by atoms with van der Waals surface area (Å²) in [5.41, 5.74) is 7.46. The van der Waals surface area contributed by atoms with Crippen LogP contribution in [0, 0.1) is 5.82 Å². The second-order valence-electron chi connectivity index (χ2n) is 7.49. The SMILES string of the molecule is CC=CC=CC=Cn1cc([C@@H]2CCCN2C(=O)C[C@H](N)Cc2ccccc2F)nn1.O=CO. The fourth-order valence-electron chi connectivity index (χ4n) is 3.63. The van der Waals surface area contributed by atoms with Crippen molar-refractivity contribution in [1.29, 1.82) is 0 Å². The molecule has 0 aliphatic carbocycles. The van der Waals surface area contributed by atoms with Gasteiger partial charge in [-0.25, -0.2) is 9.07 Å². The minimum atomic E-state index is -0.432. The quantitative estimate of drug-likeness (QED) is 0.466. The van der Waals surface area contributed by atoms with Crippen molar-refractivity contribution in [3.05, 3.63) is 77.9 Å². The van der Waals surface area contributed by atoms with Gasteiger partial charge in [0, 0.05) is 25.2 Å². The summed E-state index contributed by atoms with van der Waals surface area (Å²) in [7, 11) is 0. The van der Waals surface area contributed by atoms with Crippen LogP contribution in [-0.4, -0.2) is 50.0 Å². The van der Waals surface area contributed by atoms with E-state index in [0.29, 0.717) is 18.5 Å². The van der Waals surface area contributed by atoms with Crippen molar-refractivity contribution in [2.75, 3.05) is 6.54 Å². The van der Waals surface area contributed by atoms with Crippen molar-refractivity contribution < 1.29 is 19.1 Å². The summed E-state index contributed by atoms with van der Waals surface area (Å²) in [5.74, 6) is -0.314. The van der Waals surface area contributed by atoms with Crippen molar-refractivity contribution >= 4 is 18.6 Å². The molecule has 1 aromatic carbocycles. The molecule has 33 heavy (non-hydrogen) atoms. The second kappa shape index (κ2) is 13.7. The van der Waals surface area contributed by atoms with Crippen molar-refractivity contribution in [3.8, 4) is 0 Å². The Balaban J connectivity index is 0.00000122. The van der Waals surface area contributed by atoms with Gasteiger partial charge >= 0.3 is 0 Å².